The molecule has 3 aromatic rings. The van der Waals surface area contributed by atoms with Gasteiger partial charge in [0.05, 0.1) is 25.4 Å². The van der Waals surface area contributed by atoms with Crippen LogP contribution in [-0.2, 0) is 37.5 Å². The fourth-order valence-electron chi connectivity index (χ4n) is 4.57. The minimum Gasteiger partial charge on any atom is -0.365 e. The van der Waals surface area contributed by atoms with E-state index in [-0.39, 0.29) is 12.5 Å². The van der Waals surface area contributed by atoms with Gasteiger partial charge < -0.3 is 10.1 Å². The SMILES string of the molecule is CCn1nccc1C(=O)NCc1nnn2c1COC1(CCN(Cc3ccc(F)c(F)c3)C1)C2. The fourth-order valence-corrected chi connectivity index (χ4v) is 4.57. The molecule has 1 saturated heterocycles. The van der Waals surface area contributed by atoms with E-state index in [9.17, 15) is 13.6 Å². The monoisotopic (exact) mass is 457 g/mol. The Morgan fingerprint density at radius 1 is 1.24 bits per heavy atom. The van der Waals surface area contributed by atoms with E-state index < -0.39 is 17.2 Å². The van der Waals surface area contributed by atoms with Gasteiger partial charge in [0.15, 0.2) is 11.6 Å². The first-order valence-corrected chi connectivity index (χ1v) is 11.0. The highest BCUT2D eigenvalue weighted by molar-refractivity contribution is 5.92. The largest absolute Gasteiger partial charge is 0.365 e. The third-order valence-corrected chi connectivity index (χ3v) is 6.32. The van der Waals surface area contributed by atoms with E-state index in [1.807, 2.05) is 11.6 Å². The van der Waals surface area contributed by atoms with Gasteiger partial charge in [0.1, 0.15) is 17.0 Å². The normalized spacial score (nSPS) is 20.3. The first kappa shape index (κ1) is 21.7. The topological polar surface area (TPSA) is 90.1 Å². The number of halogens is 2. The summed E-state index contributed by atoms with van der Waals surface area (Å²) >= 11 is 0. The van der Waals surface area contributed by atoms with Crippen LogP contribution >= 0.6 is 0 Å². The van der Waals surface area contributed by atoms with Crippen molar-refractivity contribution < 1.29 is 18.3 Å². The van der Waals surface area contributed by atoms with Crippen molar-refractivity contribution in [1.29, 1.82) is 0 Å². The summed E-state index contributed by atoms with van der Waals surface area (Å²) in [5.74, 6) is -1.89. The molecule has 1 fully saturated rings. The number of ether oxygens (including phenoxy) is 1. The van der Waals surface area contributed by atoms with Gasteiger partial charge in [-0.1, -0.05) is 11.3 Å². The zero-order valence-electron chi connectivity index (χ0n) is 18.3. The summed E-state index contributed by atoms with van der Waals surface area (Å²) in [6.07, 6.45) is 2.41. The highest BCUT2D eigenvalue weighted by atomic mass is 19.2. The Balaban J connectivity index is 1.20. The van der Waals surface area contributed by atoms with Crippen molar-refractivity contribution in [2.75, 3.05) is 13.1 Å². The van der Waals surface area contributed by atoms with Gasteiger partial charge in [0, 0.05) is 32.4 Å². The number of fused-ring (bicyclic) bond motifs is 1. The first-order chi connectivity index (χ1) is 16.0. The molecule has 9 nitrogen and oxygen atoms in total. The number of rotatable bonds is 6. The highest BCUT2D eigenvalue weighted by Gasteiger charge is 2.43. The molecule has 0 aliphatic carbocycles. The second-order valence-electron chi connectivity index (χ2n) is 8.54. The van der Waals surface area contributed by atoms with Crippen LogP contribution in [0.5, 0.6) is 0 Å². The molecule has 2 aromatic heterocycles. The van der Waals surface area contributed by atoms with Crippen LogP contribution in [-0.4, -0.2) is 54.3 Å². The van der Waals surface area contributed by atoms with Crippen LogP contribution in [0.25, 0.3) is 0 Å². The summed E-state index contributed by atoms with van der Waals surface area (Å²) in [5.41, 5.74) is 2.36. The van der Waals surface area contributed by atoms with Crippen LogP contribution in [0.1, 0.15) is 40.8 Å². The quantitative estimate of drug-likeness (QED) is 0.608. The van der Waals surface area contributed by atoms with E-state index in [1.165, 1.54) is 6.07 Å². The lowest BCUT2D eigenvalue weighted by molar-refractivity contribution is -0.0845. The zero-order valence-corrected chi connectivity index (χ0v) is 18.3. The molecule has 1 N–H and O–H groups in total. The molecule has 174 valence electrons. The number of aromatic nitrogens is 5. The minimum atomic E-state index is -0.839. The van der Waals surface area contributed by atoms with Gasteiger partial charge in [-0.15, -0.1) is 5.10 Å². The number of likely N-dealkylation sites (tertiary alicyclic amines) is 1. The molecular weight excluding hydrogens is 432 g/mol. The van der Waals surface area contributed by atoms with Gasteiger partial charge in [-0.25, -0.2) is 13.5 Å². The average molecular weight is 457 g/mol. The molecule has 0 bridgehead atoms. The van der Waals surface area contributed by atoms with Crippen molar-refractivity contribution in [2.45, 2.75) is 51.7 Å². The van der Waals surface area contributed by atoms with Crippen LogP contribution in [0, 0.1) is 11.6 Å². The lowest BCUT2D eigenvalue weighted by atomic mass is 10.0. The molecule has 33 heavy (non-hydrogen) atoms. The predicted molar refractivity (Wildman–Crippen MR) is 113 cm³/mol. The predicted octanol–water partition coefficient (Wildman–Crippen LogP) is 1.88. The van der Waals surface area contributed by atoms with Crippen molar-refractivity contribution in [3.63, 3.8) is 0 Å². The summed E-state index contributed by atoms with van der Waals surface area (Å²) in [6.45, 7) is 5.68. The number of nitrogens with zero attached hydrogens (tertiary/aromatic N) is 6. The van der Waals surface area contributed by atoms with E-state index in [2.05, 4.69) is 25.6 Å². The average Bonchev–Trinajstić information content (AvgIpc) is 3.53. The molecule has 1 amide bonds. The summed E-state index contributed by atoms with van der Waals surface area (Å²) in [5, 5.41) is 15.5. The van der Waals surface area contributed by atoms with Gasteiger partial charge in [0.25, 0.3) is 5.91 Å². The molecule has 0 saturated carbocycles. The minimum absolute atomic E-state index is 0.215. The first-order valence-electron chi connectivity index (χ1n) is 11.0. The molecule has 11 heteroatoms. The van der Waals surface area contributed by atoms with E-state index in [0.717, 1.165) is 30.3 Å². The Hall–Kier alpha value is -3.18. The number of aryl methyl sites for hydroxylation is 1. The van der Waals surface area contributed by atoms with Gasteiger partial charge in [0.2, 0.25) is 0 Å². The van der Waals surface area contributed by atoms with Crippen molar-refractivity contribution in [3.05, 3.63) is 64.7 Å². The smallest absolute Gasteiger partial charge is 0.269 e. The Kier molecular flexibility index (Phi) is 5.67. The number of hydrogen-bond donors (Lipinski definition) is 1. The summed E-state index contributed by atoms with van der Waals surface area (Å²) in [6, 6.07) is 5.69. The van der Waals surface area contributed by atoms with E-state index in [1.54, 1.807) is 23.0 Å². The van der Waals surface area contributed by atoms with Crippen LogP contribution in [0.15, 0.2) is 30.5 Å². The summed E-state index contributed by atoms with van der Waals surface area (Å²) < 4.78 is 36.5. The van der Waals surface area contributed by atoms with Gasteiger partial charge >= 0.3 is 0 Å². The molecule has 0 radical (unpaired) electrons. The van der Waals surface area contributed by atoms with Gasteiger partial charge in [-0.3, -0.25) is 14.4 Å². The Bertz CT molecular complexity index is 1180. The van der Waals surface area contributed by atoms with Crippen LogP contribution < -0.4 is 5.32 Å². The van der Waals surface area contributed by atoms with Gasteiger partial charge in [-0.2, -0.15) is 5.10 Å². The van der Waals surface area contributed by atoms with E-state index >= 15 is 0 Å². The van der Waals surface area contributed by atoms with Crippen molar-refractivity contribution in [3.8, 4) is 0 Å². The van der Waals surface area contributed by atoms with E-state index in [4.69, 9.17) is 4.74 Å². The standard InChI is InChI=1S/C22H25F2N7O2/c1-2-30-19(5-7-26-30)21(32)25-10-18-20-12-33-22(14-31(20)28-27-18)6-8-29(13-22)11-15-3-4-16(23)17(24)9-15/h3-5,7,9H,2,6,8,10-14H2,1H3,(H,25,32). The molecule has 2 aliphatic heterocycles. The Morgan fingerprint density at radius 2 is 2.12 bits per heavy atom. The van der Waals surface area contributed by atoms with Crippen LogP contribution in [0.2, 0.25) is 0 Å². The number of nitrogens with one attached hydrogen (secondary N) is 1. The number of carbonyl (C=O) groups is 1. The molecule has 1 spiro atoms. The maximum atomic E-state index is 13.5. The number of hydrogen-bond acceptors (Lipinski definition) is 6. The van der Waals surface area contributed by atoms with Crippen LogP contribution in [0.4, 0.5) is 8.78 Å². The second-order valence-corrected chi connectivity index (χ2v) is 8.54. The molecule has 1 atom stereocenters. The summed E-state index contributed by atoms with van der Waals surface area (Å²) in [4.78, 5) is 14.6. The molecule has 2 aliphatic rings. The number of amides is 1. The maximum absolute atomic E-state index is 13.5. The Labute approximate surface area is 189 Å². The zero-order chi connectivity index (χ0) is 23.0. The van der Waals surface area contributed by atoms with Crippen molar-refractivity contribution >= 4 is 5.91 Å². The maximum Gasteiger partial charge on any atom is 0.269 e. The van der Waals surface area contributed by atoms with E-state index in [0.29, 0.717) is 44.2 Å². The van der Waals surface area contributed by atoms with Crippen molar-refractivity contribution in [1.82, 2.24) is 35.0 Å². The molecule has 1 unspecified atom stereocenters. The van der Waals surface area contributed by atoms with Crippen LogP contribution in [0.3, 0.4) is 0 Å². The highest BCUT2D eigenvalue weighted by Crippen LogP contribution is 2.33. The molecule has 5 rings (SSSR count). The lowest BCUT2D eigenvalue weighted by Gasteiger charge is -2.34. The third kappa shape index (κ3) is 4.25. The molecule has 4 heterocycles. The fraction of sp³-hybridized carbons (Fsp3) is 0.455. The molecular formula is C22H25F2N7O2. The number of carbonyl (C=O) groups excluding carboxylic acids is 1. The van der Waals surface area contributed by atoms with Crippen molar-refractivity contribution in [2.24, 2.45) is 0 Å². The third-order valence-electron chi connectivity index (χ3n) is 6.32. The molecule has 1 aromatic carbocycles. The second kappa shape index (κ2) is 8.64. The van der Waals surface area contributed by atoms with Gasteiger partial charge in [-0.05, 0) is 37.1 Å². The summed E-state index contributed by atoms with van der Waals surface area (Å²) in [7, 11) is 0. The number of benzene rings is 1. The Morgan fingerprint density at radius 3 is 2.94 bits per heavy atom. The lowest BCUT2D eigenvalue weighted by Crippen LogP contribution is -2.44.